The van der Waals surface area contributed by atoms with Crippen molar-refractivity contribution >= 4 is 13.6 Å². The lowest BCUT2D eigenvalue weighted by Gasteiger charge is -2.30. The number of phosphoric acid groups is 1. The highest BCUT2D eigenvalue weighted by Gasteiger charge is 2.63. The molecule has 2 saturated heterocycles. The van der Waals surface area contributed by atoms with Gasteiger partial charge in [-0.25, -0.2) is 9.36 Å². The molecule has 1 aromatic rings. The van der Waals surface area contributed by atoms with Gasteiger partial charge in [0.2, 0.25) is 0 Å². The van der Waals surface area contributed by atoms with Crippen molar-refractivity contribution in [2.75, 3.05) is 19.5 Å². The molecule has 1 aromatic heterocycles. The summed E-state index contributed by atoms with van der Waals surface area (Å²) in [7, 11) is -3.17. The minimum atomic E-state index is -4.24. The lowest BCUT2D eigenvalue weighted by Crippen LogP contribution is -2.41. The van der Waals surface area contributed by atoms with E-state index in [0.29, 0.717) is 12.0 Å². The molecule has 3 N–H and O–H groups in total. The number of nitrogen functional groups attached to an aromatic ring is 1. The molecule has 3 unspecified atom stereocenters. The van der Waals surface area contributed by atoms with E-state index in [0.717, 1.165) is 7.11 Å². The van der Waals surface area contributed by atoms with Crippen molar-refractivity contribution in [3.05, 3.63) is 22.2 Å². The largest absolute Gasteiger partial charge is 0.472 e. The molecule has 2 bridgehead atoms. The SMILES string of the molecule is CCC12CO[C@@H](C1OP(=O)(O)OC)[C@H](n1cc(C)c(N)nc1=O)O2. The Morgan fingerprint density at radius 1 is 1.62 bits per heavy atom. The molecule has 2 fully saturated rings. The molecule has 24 heavy (non-hydrogen) atoms. The van der Waals surface area contributed by atoms with Gasteiger partial charge in [0.25, 0.3) is 0 Å². The van der Waals surface area contributed by atoms with E-state index < -0.39 is 37.5 Å². The number of hydrogen-bond donors (Lipinski definition) is 2. The Morgan fingerprint density at radius 3 is 2.96 bits per heavy atom. The first-order valence-electron chi connectivity index (χ1n) is 7.44. The van der Waals surface area contributed by atoms with E-state index in [4.69, 9.17) is 19.7 Å². The quantitative estimate of drug-likeness (QED) is 0.712. The summed E-state index contributed by atoms with van der Waals surface area (Å²) in [4.78, 5) is 25.6. The Hall–Kier alpha value is -1.29. The Kier molecular flexibility index (Phi) is 4.31. The Morgan fingerprint density at radius 2 is 2.33 bits per heavy atom. The van der Waals surface area contributed by atoms with Crippen molar-refractivity contribution < 1.29 is 28.0 Å². The summed E-state index contributed by atoms with van der Waals surface area (Å²) >= 11 is 0. The zero-order valence-corrected chi connectivity index (χ0v) is 14.4. The van der Waals surface area contributed by atoms with Crippen LogP contribution in [0.15, 0.2) is 11.0 Å². The first-order valence-corrected chi connectivity index (χ1v) is 8.94. The number of hydrogen-bond acceptors (Lipinski definition) is 8. The summed E-state index contributed by atoms with van der Waals surface area (Å²) in [5.41, 5.74) is 4.70. The van der Waals surface area contributed by atoms with Crippen molar-refractivity contribution in [3.8, 4) is 0 Å². The molecule has 11 heteroatoms. The molecule has 0 aromatic carbocycles. The van der Waals surface area contributed by atoms with Gasteiger partial charge in [0.15, 0.2) is 6.23 Å². The van der Waals surface area contributed by atoms with Crippen LogP contribution >= 0.6 is 7.82 Å². The summed E-state index contributed by atoms with van der Waals surface area (Å²) in [5.74, 6) is 0.137. The predicted octanol–water partition coefficient (Wildman–Crippen LogP) is 0.342. The van der Waals surface area contributed by atoms with Gasteiger partial charge in [-0.15, -0.1) is 0 Å². The van der Waals surface area contributed by atoms with Crippen molar-refractivity contribution in [2.45, 2.75) is 44.3 Å². The number of phosphoric ester groups is 1. The normalized spacial score (nSPS) is 34.4. The van der Waals surface area contributed by atoms with Gasteiger partial charge in [0.1, 0.15) is 23.6 Å². The second kappa shape index (κ2) is 5.91. The fourth-order valence-electron chi connectivity index (χ4n) is 3.05. The highest BCUT2D eigenvalue weighted by Crippen LogP contribution is 2.54. The zero-order valence-electron chi connectivity index (χ0n) is 13.5. The molecule has 10 nitrogen and oxygen atoms in total. The number of nitrogens with two attached hydrogens (primary N) is 1. The van der Waals surface area contributed by atoms with Crippen LogP contribution in [0.25, 0.3) is 0 Å². The molecule has 0 spiro atoms. The van der Waals surface area contributed by atoms with Gasteiger partial charge < -0.3 is 20.1 Å². The highest BCUT2D eigenvalue weighted by atomic mass is 31.2. The monoisotopic (exact) mass is 361 g/mol. The van der Waals surface area contributed by atoms with Gasteiger partial charge >= 0.3 is 13.5 Å². The molecular formula is C13H20N3O7P. The number of ether oxygens (including phenoxy) is 2. The molecule has 3 heterocycles. The third-order valence-corrected chi connectivity index (χ3v) is 5.45. The van der Waals surface area contributed by atoms with Crippen LogP contribution in [0.5, 0.6) is 0 Å². The summed E-state index contributed by atoms with van der Waals surface area (Å²) < 4.78 is 34.5. The van der Waals surface area contributed by atoms with Gasteiger partial charge in [-0.2, -0.15) is 4.98 Å². The Balaban J connectivity index is 1.98. The van der Waals surface area contributed by atoms with E-state index in [1.807, 2.05) is 6.92 Å². The van der Waals surface area contributed by atoms with E-state index in [-0.39, 0.29) is 12.4 Å². The molecule has 0 amide bonds. The van der Waals surface area contributed by atoms with Crippen molar-refractivity contribution in [3.63, 3.8) is 0 Å². The Labute approximate surface area is 138 Å². The average molecular weight is 361 g/mol. The number of nitrogens with zero attached hydrogens (tertiary/aromatic N) is 2. The van der Waals surface area contributed by atoms with Gasteiger partial charge in [0.05, 0.1) is 6.61 Å². The first kappa shape index (κ1) is 17.5. The van der Waals surface area contributed by atoms with Crippen LogP contribution < -0.4 is 11.4 Å². The molecule has 2 aliphatic rings. The molecule has 0 radical (unpaired) electrons. The van der Waals surface area contributed by atoms with Gasteiger partial charge in [-0.1, -0.05) is 6.92 Å². The molecule has 3 rings (SSSR count). The third-order valence-electron chi connectivity index (χ3n) is 4.50. The summed E-state index contributed by atoms with van der Waals surface area (Å²) in [6.07, 6.45) is -0.449. The van der Waals surface area contributed by atoms with Crippen LogP contribution in [0.2, 0.25) is 0 Å². The fourth-order valence-corrected chi connectivity index (χ4v) is 3.74. The van der Waals surface area contributed by atoms with E-state index in [2.05, 4.69) is 9.51 Å². The predicted molar refractivity (Wildman–Crippen MR) is 82.2 cm³/mol. The zero-order chi connectivity index (χ0) is 17.7. The van der Waals surface area contributed by atoms with Crippen LogP contribution in [-0.4, -0.2) is 46.0 Å². The van der Waals surface area contributed by atoms with E-state index in [1.165, 1.54) is 10.8 Å². The van der Waals surface area contributed by atoms with Crippen LogP contribution in [0.1, 0.15) is 25.1 Å². The lowest BCUT2D eigenvalue weighted by atomic mass is 9.96. The van der Waals surface area contributed by atoms with Crippen LogP contribution in [0.4, 0.5) is 5.82 Å². The number of anilines is 1. The molecular weight excluding hydrogens is 341 g/mol. The molecule has 134 valence electrons. The van der Waals surface area contributed by atoms with E-state index >= 15 is 0 Å². The number of aryl methyl sites for hydroxylation is 1. The number of fused-ring (bicyclic) bond motifs is 2. The van der Waals surface area contributed by atoms with Crippen molar-refractivity contribution in [1.82, 2.24) is 9.55 Å². The molecule has 0 aliphatic carbocycles. The summed E-state index contributed by atoms with van der Waals surface area (Å²) in [6, 6.07) is 0. The molecule has 0 saturated carbocycles. The minimum Gasteiger partial charge on any atom is -0.383 e. The number of rotatable bonds is 5. The molecule has 2 aliphatic heterocycles. The van der Waals surface area contributed by atoms with Crippen molar-refractivity contribution in [1.29, 1.82) is 0 Å². The third kappa shape index (κ3) is 2.69. The maximum atomic E-state index is 12.2. The van der Waals surface area contributed by atoms with Gasteiger partial charge in [0, 0.05) is 18.9 Å². The van der Waals surface area contributed by atoms with Crippen LogP contribution in [0, 0.1) is 6.92 Å². The van der Waals surface area contributed by atoms with Crippen LogP contribution in [-0.2, 0) is 23.1 Å². The number of aromatic nitrogens is 2. The Bertz CT molecular complexity index is 754. The minimum absolute atomic E-state index is 0.137. The van der Waals surface area contributed by atoms with Gasteiger partial charge in [-0.05, 0) is 13.3 Å². The second-order valence-corrected chi connectivity index (χ2v) is 7.39. The van der Waals surface area contributed by atoms with Gasteiger partial charge in [-0.3, -0.25) is 13.6 Å². The summed E-state index contributed by atoms with van der Waals surface area (Å²) in [5, 5.41) is 0. The first-order chi connectivity index (χ1) is 11.2. The van der Waals surface area contributed by atoms with E-state index in [9.17, 15) is 14.3 Å². The highest BCUT2D eigenvalue weighted by molar-refractivity contribution is 7.47. The smallest absolute Gasteiger partial charge is 0.383 e. The van der Waals surface area contributed by atoms with Crippen molar-refractivity contribution in [2.24, 2.45) is 0 Å². The summed E-state index contributed by atoms with van der Waals surface area (Å²) in [6.45, 7) is 3.74. The fraction of sp³-hybridized carbons (Fsp3) is 0.692. The topological polar surface area (TPSA) is 135 Å². The maximum absolute atomic E-state index is 12.2. The van der Waals surface area contributed by atoms with E-state index in [1.54, 1.807) is 6.92 Å². The second-order valence-electron chi connectivity index (χ2n) is 5.88. The van der Waals surface area contributed by atoms with Crippen LogP contribution in [0.3, 0.4) is 0 Å². The average Bonchev–Trinajstić information content (AvgIpc) is 3.03. The molecule has 5 atom stereocenters. The maximum Gasteiger partial charge on any atom is 0.472 e. The standard InChI is InChI=1S/C13H20N3O7P/c1-4-13-6-21-8(9(13)23-24(18,19)20-3)11(22-13)16-5-7(2)10(14)15-12(16)17/h5,8-9,11H,4,6H2,1-3H3,(H,18,19)(H2,14,15,17)/t8-,9?,11+,13?/m0/s1. The lowest BCUT2D eigenvalue weighted by molar-refractivity contribution is -0.175.